The van der Waals surface area contributed by atoms with Crippen molar-refractivity contribution in [2.24, 2.45) is 5.41 Å². The molecule has 1 aliphatic carbocycles. The maximum Gasteiger partial charge on any atom is 0.115 e. The van der Waals surface area contributed by atoms with Gasteiger partial charge in [-0.05, 0) is 24.1 Å². The molecule has 1 aromatic rings. The zero-order valence-corrected chi connectivity index (χ0v) is 10.7. The molecule has 94 valence electrons. The lowest BCUT2D eigenvalue weighted by molar-refractivity contribution is -0.0979. The predicted molar refractivity (Wildman–Crippen MR) is 67.9 cm³/mol. The second-order valence-corrected chi connectivity index (χ2v) is 5.38. The van der Waals surface area contributed by atoms with Gasteiger partial charge in [-0.25, -0.2) is 0 Å². The zero-order chi connectivity index (χ0) is 12.5. The first-order valence-corrected chi connectivity index (χ1v) is 6.08. The van der Waals surface area contributed by atoms with Crippen LogP contribution in [0.25, 0.3) is 0 Å². The Morgan fingerprint density at radius 3 is 2.53 bits per heavy atom. The summed E-state index contributed by atoms with van der Waals surface area (Å²) >= 11 is 0. The van der Waals surface area contributed by atoms with E-state index in [0.29, 0.717) is 17.9 Å². The highest BCUT2D eigenvalue weighted by Crippen LogP contribution is 2.42. The summed E-state index contributed by atoms with van der Waals surface area (Å²) in [5.74, 6) is 0.317. The Morgan fingerprint density at radius 1 is 1.35 bits per heavy atom. The van der Waals surface area contributed by atoms with Crippen LogP contribution in [0.1, 0.15) is 25.8 Å². The number of hydrogen-bond donors (Lipinski definition) is 2. The van der Waals surface area contributed by atoms with Gasteiger partial charge in [0.25, 0.3) is 0 Å². The van der Waals surface area contributed by atoms with E-state index in [0.717, 1.165) is 13.0 Å². The molecular formula is C14H21NO2. The quantitative estimate of drug-likeness (QED) is 0.841. The summed E-state index contributed by atoms with van der Waals surface area (Å²) in [6, 6.07) is 7.84. The Bertz CT molecular complexity index is 372. The number of benzene rings is 1. The first kappa shape index (κ1) is 12.4. The molecule has 2 N–H and O–H groups in total. The van der Waals surface area contributed by atoms with Gasteiger partial charge in [0, 0.05) is 25.1 Å². The van der Waals surface area contributed by atoms with E-state index in [-0.39, 0.29) is 5.41 Å². The van der Waals surface area contributed by atoms with Crippen LogP contribution in [0.2, 0.25) is 0 Å². The first-order valence-electron chi connectivity index (χ1n) is 6.08. The third-order valence-electron chi connectivity index (χ3n) is 3.95. The fraction of sp³-hybridized carbons (Fsp3) is 0.571. The summed E-state index contributed by atoms with van der Waals surface area (Å²) in [4.78, 5) is 0. The van der Waals surface area contributed by atoms with Crippen LogP contribution >= 0.6 is 0 Å². The standard InChI is InChI=1S/C14H21NO2/c1-14(2)12(8-13(14)17-3)15-9-10-4-6-11(16)7-5-10/h4-7,12-13,15-16H,8-9H2,1-3H3. The van der Waals surface area contributed by atoms with Crippen molar-refractivity contribution in [3.05, 3.63) is 29.8 Å². The highest BCUT2D eigenvalue weighted by molar-refractivity contribution is 5.25. The highest BCUT2D eigenvalue weighted by atomic mass is 16.5. The number of rotatable bonds is 4. The van der Waals surface area contributed by atoms with Crippen LogP contribution in [0.4, 0.5) is 0 Å². The molecule has 1 saturated carbocycles. The molecule has 2 unspecified atom stereocenters. The van der Waals surface area contributed by atoms with Crippen molar-refractivity contribution in [3.8, 4) is 5.75 Å². The topological polar surface area (TPSA) is 41.5 Å². The summed E-state index contributed by atoms with van der Waals surface area (Å²) in [5.41, 5.74) is 1.39. The van der Waals surface area contributed by atoms with E-state index in [2.05, 4.69) is 19.2 Å². The van der Waals surface area contributed by atoms with Crippen LogP contribution in [0.5, 0.6) is 5.75 Å². The molecule has 0 bridgehead atoms. The zero-order valence-electron chi connectivity index (χ0n) is 10.7. The minimum absolute atomic E-state index is 0.200. The fourth-order valence-electron chi connectivity index (χ4n) is 2.49. The molecule has 2 atom stereocenters. The van der Waals surface area contributed by atoms with Crippen LogP contribution in [0.3, 0.4) is 0 Å². The molecular weight excluding hydrogens is 214 g/mol. The molecule has 2 rings (SSSR count). The van der Waals surface area contributed by atoms with E-state index in [1.165, 1.54) is 5.56 Å². The average molecular weight is 235 g/mol. The Hall–Kier alpha value is -1.06. The van der Waals surface area contributed by atoms with E-state index < -0.39 is 0 Å². The van der Waals surface area contributed by atoms with Gasteiger partial charge in [0.05, 0.1) is 6.10 Å². The van der Waals surface area contributed by atoms with E-state index >= 15 is 0 Å². The Morgan fingerprint density at radius 2 is 2.00 bits per heavy atom. The second-order valence-electron chi connectivity index (χ2n) is 5.38. The molecule has 0 amide bonds. The third-order valence-corrected chi connectivity index (χ3v) is 3.95. The lowest BCUT2D eigenvalue weighted by atomic mass is 9.64. The maximum absolute atomic E-state index is 9.20. The van der Waals surface area contributed by atoms with E-state index in [1.54, 1.807) is 19.2 Å². The van der Waals surface area contributed by atoms with Crippen molar-refractivity contribution in [1.82, 2.24) is 5.32 Å². The number of methoxy groups -OCH3 is 1. The molecule has 1 aliphatic rings. The fourth-order valence-corrected chi connectivity index (χ4v) is 2.49. The maximum atomic E-state index is 9.20. The summed E-state index contributed by atoms with van der Waals surface area (Å²) in [5, 5.41) is 12.8. The van der Waals surface area contributed by atoms with Gasteiger partial charge < -0.3 is 15.2 Å². The molecule has 0 aliphatic heterocycles. The van der Waals surface area contributed by atoms with Crippen molar-refractivity contribution in [3.63, 3.8) is 0 Å². The average Bonchev–Trinajstić information content (AvgIpc) is 2.30. The smallest absolute Gasteiger partial charge is 0.115 e. The molecule has 3 heteroatoms. The van der Waals surface area contributed by atoms with Crippen LogP contribution in [0, 0.1) is 5.41 Å². The number of phenols is 1. The summed E-state index contributed by atoms with van der Waals surface area (Å²) in [6.07, 6.45) is 1.43. The number of aromatic hydroxyl groups is 1. The van der Waals surface area contributed by atoms with E-state index in [4.69, 9.17) is 4.74 Å². The van der Waals surface area contributed by atoms with Gasteiger partial charge in [-0.3, -0.25) is 0 Å². The second kappa shape index (κ2) is 4.67. The van der Waals surface area contributed by atoms with Gasteiger partial charge in [0.1, 0.15) is 5.75 Å². The van der Waals surface area contributed by atoms with Gasteiger partial charge in [-0.2, -0.15) is 0 Å². The van der Waals surface area contributed by atoms with Crippen LogP contribution in [-0.2, 0) is 11.3 Å². The van der Waals surface area contributed by atoms with Crippen molar-refractivity contribution in [1.29, 1.82) is 0 Å². The number of nitrogens with one attached hydrogen (secondary N) is 1. The van der Waals surface area contributed by atoms with Crippen molar-refractivity contribution in [2.45, 2.75) is 39.0 Å². The molecule has 1 aromatic carbocycles. The highest BCUT2D eigenvalue weighted by Gasteiger charge is 2.48. The van der Waals surface area contributed by atoms with Crippen LogP contribution in [-0.4, -0.2) is 24.4 Å². The Kier molecular flexibility index (Phi) is 3.40. The van der Waals surface area contributed by atoms with Gasteiger partial charge in [0.15, 0.2) is 0 Å². The predicted octanol–water partition coefficient (Wildman–Crippen LogP) is 2.30. The van der Waals surface area contributed by atoms with Crippen molar-refractivity contribution < 1.29 is 9.84 Å². The largest absolute Gasteiger partial charge is 0.508 e. The monoisotopic (exact) mass is 235 g/mol. The van der Waals surface area contributed by atoms with Crippen LogP contribution in [0.15, 0.2) is 24.3 Å². The van der Waals surface area contributed by atoms with E-state index in [9.17, 15) is 5.11 Å². The Labute approximate surface area is 103 Å². The molecule has 1 fully saturated rings. The lowest BCUT2D eigenvalue weighted by Gasteiger charge is -2.51. The first-order chi connectivity index (χ1) is 8.04. The minimum Gasteiger partial charge on any atom is -0.508 e. The molecule has 0 heterocycles. The molecule has 0 saturated heterocycles. The lowest BCUT2D eigenvalue weighted by Crippen LogP contribution is -2.60. The number of ether oxygens (including phenoxy) is 1. The van der Waals surface area contributed by atoms with Crippen molar-refractivity contribution in [2.75, 3.05) is 7.11 Å². The molecule has 0 spiro atoms. The summed E-state index contributed by atoms with van der Waals surface area (Å²) in [7, 11) is 1.78. The Balaban J connectivity index is 1.86. The van der Waals surface area contributed by atoms with Crippen molar-refractivity contribution >= 4 is 0 Å². The van der Waals surface area contributed by atoms with Gasteiger partial charge in [-0.1, -0.05) is 26.0 Å². The molecule has 0 aromatic heterocycles. The van der Waals surface area contributed by atoms with Gasteiger partial charge >= 0.3 is 0 Å². The number of phenolic OH excluding ortho intramolecular Hbond substituents is 1. The molecule has 0 radical (unpaired) electrons. The SMILES string of the molecule is COC1CC(NCc2ccc(O)cc2)C1(C)C. The van der Waals surface area contributed by atoms with E-state index in [1.807, 2.05) is 12.1 Å². The van der Waals surface area contributed by atoms with Gasteiger partial charge in [0.2, 0.25) is 0 Å². The summed E-state index contributed by atoms with van der Waals surface area (Å²) < 4.78 is 5.43. The van der Waals surface area contributed by atoms with Crippen LogP contribution < -0.4 is 5.32 Å². The summed E-state index contributed by atoms with van der Waals surface area (Å²) in [6.45, 7) is 5.31. The molecule has 3 nitrogen and oxygen atoms in total. The normalized spacial score (nSPS) is 26.5. The van der Waals surface area contributed by atoms with Gasteiger partial charge in [-0.15, -0.1) is 0 Å². The number of hydrogen-bond acceptors (Lipinski definition) is 3. The molecule has 17 heavy (non-hydrogen) atoms. The minimum atomic E-state index is 0.200. The third kappa shape index (κ3) is 2.45.